The van der Waals surface area contributed by atoms with Gasteiger partial charge >= 0.3 is 0 Å². The molecule has 1 fully saturated rings. The predicted octanol–water partition coefficient (Wildman–Crippen LogP) is 1.86. The predicted molar refractivity (Wildman–Crippen MR) is 82.8 cm³/mol. The summed E-state index contributed by atoms with van der Waals surface area (Å²) in [7, 11) is 1.57. The quantitative estimate of drug-likeness (QED) is 0.754. The molecule has 2 N–H and O–H groups in total. The lowest BCUT2D eigenvalue weighted by Gasteiger charge is -2.28. The molecule has 0 heterocycles. The molecule has 2 unspecified atom stereocenters. The monoisotopic (exact) mass is 298 g/mol. The SMILES string of the molecule is CNC(=O)C(NC(=O)C(C)C)C(C)OCC1CCCCC1. The molecular weight excluding hydrogens is 268 g/mol. The Labute approximate surface area is 128 Å². The Bertz CT molecular complexity index is 338. The maximum Gasteiger partial charge on any atom is 0.245 e. The van der Waals surface area contributed by atoms with E-state index in [4.69, 9.17) is 4.74 Å². The average Bonchev–Trinajstić information content (AvgIpc) is 2.50. The van der Waals surface area contributed by atoms with Crippen LogP contribution in [0.2, 0.25) is 0 Å². The van der Waals surface area contributed by atoms with E-state index in [0.29, 0.717) is 12.5 Å². The van der Waals surface area contributed by atoms with Crippen LogP contribution >= 0.6 is 0 Å². The molecule has 0 spiro atoms. The summed E-state index contributed by atoms with van der Waals surface area (Å²) in [5.41, 5.74) is 0. The number of carbonyl (C=O) groups is 2. The van der Waals surface area contributed by atoms with Gasteiger partial charge in [0.1, 0.15) is 6.04 Å². The zero-order chi connectivity index (χ0) is 15.8. The van der Waals surface area contributed by atoms with Gasteiger partial charge in [-0.2, -0.15) is 0 Å². The van der Waals surface area contributed by atoms with Crippen LogP contribution in [0.25, 0.3) is 0 Å². The Morgan fingerprint density at radius 1 is 1.10 bits per heavy atom. The third-order valence-electron chi connectivity index (χ3n) is 4.14. The third-order valence-corrected chi connectivity index (χ3v) is 4.14. The highest BCUT2D eigenvalue weighted by Gasteiger charge is 2.28. The minimum absolute atomic E-state index is 0.128. The molecule has 1 saturated carbocycles. The van der Waals surface area contributed by atoms with E-state index in [9.17, 15) is 9.59 Å². The summed E-state index contributed by atoms with van der Waals surface area (Å²) in [6.45, 7) is 6.14. The second-order valence-corrected chi connectivity index (χ2v) is 6.30. The van der Waals surface area contributed by atoms with Gasteiger partial charge in [-0.1, -0.05) is 33.1 Å². The van der Waals surface area contributed by atoms with E-state index >= 15 is 0 Å². The van der Waals surface area contributed by atoms with Gasteiger partial charge in [0.15, 0.2) is 0 Å². The van der Waals surface area contributed by atoms with Gasteiger partial charge < -0.3 is 15.4 Å². The fourth-order valence-corrected chi connectivity index (χ4v) is 2.61. The van der Waals surface area contributed by atoms with Crippen molar-refractivity contribution in [1.82, 2.24) is 10.6 Å². The fourth-order valence-electron chi connectivity index (χ4n) is 2.61. The second-order valence-electron chi connectivity index (χ2n) is 6.30. The number of amides is 2. The first-order valence-corrected chi connectivity index (χ1v) is 8.09. The van der Waals surface area contributed by atoms with Gasteiger partial charge in [-0.05, 0) is 25.7 Å². The van der Waals surface area contributed by atoms with E-state index in [1.807, 2.05) is 20.8 Å². The number of nitrogens with one attached hydrogen (secondary N) is 2. The van der Waals surface area contributed by atoms with Crippen LogP contribution in [-0.4, -0.2) is 37.6 Å². The van der Waals surface area contributed by atoms with Crippen molar-refractivity contribution in [3.05, 3.63) is 0 Å². The van der Waals surface area contributed by atoms with Gasteiger partial charge in [-0.15, -0.1) is 0 Å². The maximum absolute atomic E-state index is 12.0. The molecule has 21 heavy (non-hydrogen) atoms. The Morgan fingerprint density at radius 3 is 2.24 bits per heavy atom. The summed E-state index contributed by atoms with van der Waals surface area (Å²) < 4.78 is 5.87. The summed E-state index contributed by atoms with van der Waals surface area (Å²) >= 11 is 0. The first-order chi connectivity index (χ1) is 9.95. The molecule has 0 radical (unpaired) electrons. The lowest BCUT2D eigenvalue weighted by Crippen LogP contribution is -2.53. The standard InChI is InChI=1S/C16H30N2O3/c1-11(2)15(19)18-14(16(20)17-4)12(3)21-10-13-8-6-5-7-9-13/h11-14H,5-10H2,1-4H3,(H,17,20)(H,18,19). The van der Waals surface area contributed by atoms with Gasteiger partial charge in [0.25, 0.3) is 0 Å². The van der Waals surface area contributed by atoms with Crippen molar-refractivity contribution in [3.63, 3.8) is 0 Å². The Morgan fingerprint density at radius 2 is 1.71 bits per heavy atom. The smallest absolute Gasteiger partial charge is 0.245 e. The third kappa shape index (κ3) is 6.04. The molecule has 0 aromatic rings. The molecule has 0 aliphatic heterocycles. The topological polar surface area (TPSA) is 67.4 Å². The van der Waals surface area contributed by atoms with E-state index in [-0.39, 0.29) is 23.8 Å². The van der Waals surface area contributed by atoms with Crippen molar-refractivity contribution in [1.29, 1.82) is 0 Å². The van der Waals surface area contributed by atoms with Crippen LogP contribution < -0.4 is 10.6 Å². The van der Waals surface area contributed by atoms with E-state index in [1.165, 1.54) is 32.1 Å². The molecule has 1 aliphatic carbocycles. The summed E-state index contributed by atoms with van der Waals surface area (Å²) in [6, 6.07) is -0.631. The number of rotatable bonds is 7. The van der Waals surface area contributed by atoms with Gasteiger partial charge in [-0.25, -0.2) is 0 Å². The van der Waals surface area contributed by atoms with Crippen LogP contribution in [0, 0.1) is 11.8 Å². The van der Waals surface area contributed by atoms with E-state index in [0.717, 1.165) is 0 Å². The minimum atomic E-state index is -0.631. The Balaban J connectivity index is 2.51. The van der Waals surface area contributed by atoms with Crippen LogP contribution in [0.15, 0.2) is 0 Å². The number of carbonyl (C=O) groups excluding carboxylic acids is 2. The molecule has 5 nitrogen and oxygen atoms in total. The number of hydrogen-bond donors (Lipinski definition) is 2. The van der Waals surface area contributed by atoms with Gasteiger partial charge in [-0.3, -0.25) is 9.59 Å². The molecule has 5 heteroatoms. The molecule has 0 aromatic carbocycles. The number of likely N-dealkylation sites (N-methyl/N-ethyl adjacent to an activating group) is 1. The average molecular weight is 298 g/mol. The van der Waals surface area contributed by atoms with Crippen molar-refractivity contribution < 1.29 is 14.3 Å². The Kier molecular flexibility index (Phi) is 7.72. The second kappa shape index (κ2) is 9.03. The maximum atomic E-state index is 12.0. The summed E-state index contributed by atoms with van der Waals surface area (Å²) in [6.07, 6.45) is 5.94. The van der Waals surface area contributed by atoms with Crippen molar-refractivity contribution in [2.45, 2.75) is 65.0 Å². The van der Waals surface area contributed by atoms with Crippen molar-refractivity contribution in [2.75, 3.05) is 13.7 Å². The molecular formula is C16H30N2O3. The highest BCUT2D eigenvalue weighted by Crippen LogP contribution is 2.24. The molecule has 2 amide bonds. The molecule has 2 atom stereocenters. The van der Waals surface area contributed by atoms with E-state index in [1.54, 1.807) is 7.05 Å². The van der Waals surface area contributed by atoms with Crippen LogP contribution in [-0.2, 0) is 14.3 Å². The highest BCUT2D eigenvalue weighted by atomic mass is 16.5. The molecule has 0 saturated heterocycles. The fraction of sp³-hybridized carbons (Fsp3) is 0.875. The lowest BCUT2D eigenvalue weighted by molar-refractivity contribution is -0.134. The number of ether oxygens (including phenoxy) is 1. The zero-order valence-electron chi connectivity index (χ0n) is 13.8. The van der Waals surface area contributed by atoms with Gasteiger partial charge in [0.05, 0.1) is 6.10 Å². The molecule has 1 rings (SSSR count). The minimum Gasteiger partial charge on any atom is -0.376 e. The zero-order valence-corrected chi connectivity index (χ0v) is 13.8. The van der Waals surface area contributed by atoms with Crippen molar-refractivity contribution >= 4 is 11.8 Å². The first-order valence-electron chi connectivity index (χ1n) is 8.09. The lowest BCUT2D eigenvalue weighted by atomic mass is 9.90. The summed E-state index contributed by atoms with van der Waals surface area (Å²) in [5.74, 6) is 0.104. The summed E-state index contributed by atoms with van der Waals surface area (Å²) in [5, 5.41) is 5.37. The first kappa shape index (κ1) is 18.0. The van der Waals surface area contributed by atoms with Gasteiger partial charge in [0.2, 0.25) is 11.8 Å². The molecule has 122 valence electrons. The number of hydrogen-bond acceptors (Lipinski definition) is 3. The van der Waals surface area contributed by atoms with Crippen LogP contribution in [0.1, 0.15) is 52.9 Å². The van der Waals surface area contributed by atoms with Crippen LogP contribution in [0.5, 0.6) is 0 Å². The van der Waals surface area contributed by atoms with Crippen molar-refractivity contribution in [2.24, 2.45) is 11.8 Å². The molecule has 0 aromatic heterocycles. The van der Waals surface area contributed by atoms with E-state index < -0.39 is 6.04 Å². The van der Waals surface area contributed by atoms with Crippen LogP contribution in [0.3, 0.4) is 0 Å². The normalized spacial score (nSPS) is 19.1. The van der Waals surface area contributed by atoms with Crippen molar-refractivity contribution in [3.8, 4) is 0 Å². The molecule has 0 bridgehead atoms. The highest BCUT2D eigenvalue weighted by molar-refractivity contribution is 5.88. The van der Waals surface area contributed by atoms with Crippen LogP contribution in [0.4, 0.5) is 0 Å². The van der Waals surface area contributed by atoms with Gasteiger partial charge in [0, 0.05) is 19.6 Å². The summed E-state index contributed by atoms with van der Waals surface area (Å²) in [4.78, 5) is 23.8. The Hall–Kier alpha value is -1.10. The largest absolute Gasteiger partial charge is 0.376 e. The van der Waals surface area contributed by atoms with E-state index in [2.05, 4.69) is 10.6 Å². The molecule has 1 aliphatic rings.